The van der Waals surface area contributed by atoms with Gasteiger partial charge in [-0.25, -0.2) is 4.39 Å². The zero-order valence-corrected chi connectivity index (χ0v) is 13.1. The summed E-state index contributed by atoms with van der Waals surface area (Å²) in [5.41, 5.74) is 6.69. The number of halogens is 1. The number of nitrogens with zero attached hydrogens (tertiary/aromatic N) is 1. The lowest BCUT2D eigenvalue weighted by molar-refractivity contribution is 0.151. The third-order valence-electron chi connectivity index (χ3n) is 4.21. The molecule has 2 unspecified atom stereocenters. The maximum atomic E-state index is 14.0. The first-order valence-electron chi connectivity index (χ1n) is 7.94. The number of rotatable bonds is 6. The van der Waals surface area contributed by atoms with Crippen LogP contribution in [0.1, 0.15) is 38.2 Å². The topological polar surface area (TPSA) is 38.5 Å². The van der Waals surface area contributed by atoms with Crippen LogP contribution in [0, 0.1) is 5.82 Å². The molecule has 1 aromatic rings. The normalized spacial score (nSPS) is 21.2. The van der Waals surface area contributed by atoms with Crippen molar-refractivity contribution in [2.24, 2.45) is 5.73 Å². The molecule has 1 fully saturated rings. The fourth-order valence-electron chi connectivity index (χ4n) is 3.03. The molecule has 1 saturated heterocycles. The van der Waals surface area contributed by atoms with Gasteiger partial charge in [-0.1, -0.05) is 18.6 Å². The van der Waals surface area contributed by atoms with E-state index in [-0.39, 0.29) is 11.9 Å². The molecule has 1 heterocycles. The summed E-state index contributed by atoms with van der Waals surface area (Å²) in [5, 5.41) is 0. The second-order valence-electron chi connectivity index (χ2n) is 6.18. The highest BCUT2D eigenvalue weighted by Crippen LogP contribution is 2.25. The SMILES string of the molecule is CC(N)Cc1cccc(F)c1OCCC1CCCCN1C. The van der Waals surface area contributed by atoms with E-state index < -0.39 is 0 Å². The van der Waals surface area contributed by atoms with E-state index in [4.69, 9.17) is 10.5 Å². The summed E-state index contributed by atoms with van der Waals surface area (Å²) in [4.78, 5) is 2.39. The molecule has 21 heavy (non-hydrogen) atoms. The molecule has 2 rings (SSSR count). The van der Waals surface area contributed by atoms with Crippen molar-refractivity contribution in [1.82, 2.24) is 4.90 Å². The van der Waals surface area contributed by atoms with Crippen molar-refractivity contribution >= 4 is 0 Å². The van der Waals surface area contributed by atoms with E-state index in [0.717, 1.165) is 18.5 Å². The summed E-state index contributed by atoms with van der Waals surface area (Å²) in [6, 6.07) is 5.62. The second kappa shape index (κ2) is 7.76. The molecule has 1 aromatic carbocycles. The molecule has 0 aromatic heterocycles. The van der Waals surface area contributed by atoms with Crippen LogP contribution in [0.3, 0.4) is 0 Å². The van der Waals surface area contributed by atoms with Gasteiger partial charge in [0.25, 0.3) is 0 Å². The van der Waals surface area contributed by atoms with Gasteiger partial charge < -0.3 is 15.4 Å². The van der Waals surface area contributed by atoms with Crippen molar-refractivity contribution in [3.8, 4) is 5.75 Å². The fourth-order valence-corrected chi connectivity index (χ4v) is 3.03. The molecule has 2 N–H and O–H groups in total. The Morgan fingerprint density at radius 3 is 2.95 bits per heavy atom. The van der Waals surface area contributed by atoms with Gasteiger partial charge in [0.15, 0.2) is 11.6 Å². The Hall–Kier alpha value is -1.13. The number of ether oxygens (including phenoxy) is 1. The van der Waals surface area contributed by atoms with Crippen molar-refractivity contribution in [1.29, 1.82) is 0 Å². The lowest BCUT2D eigenvalue weighted by Gasteiger charge is -2.32. The molecule has 0 aliphatic carbocycles. The molecular formula is C17H27FN2O. The molecular weight excluding hydrogens is 267 g/mol. The predicted octanol–water partition coefficient (Wildman–Crippen LogP) is 2.97. The monoisotopic (exact) mass is 294 g/mol. The van der Waals surface area contributed by atoms with Crippen LogP contribution in [0.2, 0.25) is 0 Å². The Morgan fingerprint density at radius 2 is 2.24 bits per heavy atom. The van der Waals surface area contributed by atoms with Crippen LogP contribution in [0.25, 0.3) is 0 Å². The smallest absolute Gasteiger partial charge is 0.165 e. The number of para-hydroxylation sites is 1. The average Bonchev–Trinajstić information content (AvgIpc) is 2.43. The summed E-state index contributed by atoms with van der Waals surface area (Å²) in [5.74, 6) is 0.0958. The maximum Gasteiger partial charge on any atom is 0.165 e. The van der Waals surface area contributed by atoms with E-state index in [1.807, 2.05) is 13.0 Å². The van der Waals surface area contributed by atoms with Crippen LogP contribution in [0.15, 0.2) is 18.2 Å². The first-order valence-corrected chi connectivity index (χ1v) is 7.94. The lowest BCUT2D eigenvalue weighted by Crippen LogP contribution is -2.37. The minimum absolute atomic E-state index is 0.00127. The summed E-state index contributed by atoms with van der Waals surface area (Å²) in [6.07, 6.45) is 5.35. The molecule has 0 bridgehead atoms. The van der Waals surface area contributed by atoms with E-state index in [2.05, 4.69) is 11.9 Å². The van der Waals surface area contributed by atoms with Gasteiger partial charge in [-0.2, -0.15) is 0 Å². The molecule has 1 aliphatic heterocycles. The second-order valence-corrected chi connectivity index (χ2v) is 6.18. The van der Waals surface area contributed by atoms with Crippen molar-refractivity contribution in [2.75, 3.05) is 20.2 Å². The first-order chi connectivity index (χ1) is 10.1. The van der Waals surface area contributed by atoms with Crippen molar-refractivity contribution in [3.05, 3.63) is 29.6 Å². The Kier molecular flexibility index (Phi) is 6.00. The molecule has 0 saturated carbocycles. The Balaban J connectivity index is 1.93. The number of hydrogen-bond acceptors (Lipinski definition) is 3. The Bertz CT molecular complexity index is 450. The summed E-state index contributed by atoms with van der Waals surface area (Å²) >= 11 is 0. The van der Waals surface area contributed by atoms with Gasteiger partial charge in [0.05, 0.1) is 6.61 Å². The first kappa shape index (κ1) is 16.2. The summed E-state index contributed by atoms with van der Waals surface area (Å²) in [7, 11) is 2.16. The molecule has 0 spiro atoms. The van der Waals surface area contributed by atoms with Gasteiger partial charge in [0.2, 0.25) is 0 Å². The van der Waals surface area contributed by atoms with E-state index in [0.29, 0.717) is 24.8 Å². The fraction of sp³-hybridized carbons (Fsp3) is 0.647. The third-order valence-corrected chi connectivity index (χ3v) is 4.21. The van der Waals surface area contributed by atoms with Crippen molar-refractivity contribution in [3.63, 3.8) is 0 Å². The largest absolute Gasteiger partial charge is 0.490 e. The number of nitrogens with two attached hydrogens (primary N) is 1. The minimum Gasteiger partial charge on any atom is -0.490 e. The molecule has 0 amide bonds. The highest BCUT2D eigenvalue weighted by Gasteiger charge is 2.19. The lowest BCUT2D eigenvalue weighted by atomic mass is 10.0. The van der Waals surface area contributed by atoms with Gasteiger partial charge >= 0.3 is 0 Å². The molecule has 118 valence electrons. The predicted molar refractivity (Wildman–Crippen MR) is 84.1 cm³/mol. The van der Waals surface area contributed by atoms with Gasteiger partial charge in [-0.3, -0.25) is 0 Å². The number of hydrogen-bond donors (Lipinski definition) is 1. The summed E-state index contributed by atoms with van der Waals surface area (Å²) in [6.45, 7) is 3.63. The van der Waals surface area contributed by atoms with Crippen LogP contribution in [-0.4, -0.2) is 37.2 Å². The van der Waals surface area contributed by atoms with E-state index in [1.54, 1.807) is 6.07 Å². The number of likely N-dealkylation sites (tertiary alicyclic amines) is 1. The Labute approximate surface area is 127 Å². The van der Waals surface area contributed by atoms with Crippen LogP contribution >= 0.6 is 0 Å². The van der Waals surface area contributed by atoms with Gasteiger partial charge in [0.1, 0.15) is 0 Å². The van der Waals surface area contributed by atoms with E-state index in [1.165, 1.54) is 25.3 Å². The summed E-state index contributed by atoms with van der Waals surface area (Å²) < 4.78 is 19.7. The maximum absolute atomic E-state index is 14.0. The minimum atomic E-state index is -0.287. The number of benzene rings is 1. The number of piperidine rings is 1. The van der Waals surface area contributed by atoms with Crippen LogP contribution in [0.4, 0.5) is 4.39 Å². The highest BCUT2D eigenvalue weighted by molar-refractivity contribution is 5.35. The zero-order valence-electron chi connectivity index (χ0n) is 13.1. The molecule has 4 heteroatoms. The molecule has 3 nitrogen and oxygen atoms in total. The Morgan fingerprint density at radius 1 is 1.43 bits per heavy atom. The third kappa shape index (κ3) is 4.68. The van der Waals surface area contributed by atoms with Crippen LogP contribution in [-0.2, 0) is 6.42 Å². The van der Waals surface area contributed by atoms with Crippen molar-refractivity contribution in [2.45, 2.75) is 51.1 Å². The van der Waals surface area contributed by atoms with Crippen LogP contribution in [0.5, 0.6) is 5.75 Å². The molecule has 2 atom stereocenters. The zero-order chi connectivity index (χ0) is 15.2. The quantitative estimate of drug-likeness (QED) is 0.876. The van der Waals surface area contributed by atoms with E-state index >= 15 is 0 Å². The standard InChI is InChI=1S/C17H27FN2O/c1-13(19)12-14-6-5-8-16(18)17(14)21-11-9-15-7-3-4-10-20(15)2/h5-6,8,13,15H,3-4,7,9-12,19H2,1-2H3. The van der Waals surface area contributed by atoms with Crippen LogP contribution < -0.4 is 10.5 Å². The van der Waals surface area contributed by atoms with Gasteiger partial charge in [0, 0.05) is 12.1 Å². The molecule has 1 aliphatic rings. The van der Waals surface area contributed by atoms with E-state index in [9.17, 15) is 4.39 Å². The highest BCUT2D eigenvalue weighted by atomic mass is 19.1. The average molecular weight is 294 g/mol. The van der Waals surface area contributed by atoms with Crippen molar-refractivity contribution < 1.29 is 9.13 Å². The van der Waals surface area contributed by atoms with Gasteiger partial charge in [-0.15, -0.1) is 0 Å². The molecule has 0 radical (unpaired) electrons. The van der Waals surface area contributed by atoms with Gasteiger partial charge in [-0.05, 0) is 57.8 Å².